The minimum Gasteiger partial charge on any atom is -0.314 e. The molecule has 1 aliphatic carbocycles. The molecule has 0 aromatic heterocycles. The average Bonchev–Trinajstić information content (AvgIpc) is 2.43. The van der Waals surface area contributed by atoms with Gasteiger partial charge in [0.25, 0.3) is 0 Å². The van der Waals surface area contributed by atoms with Crippen LogP contribution in [0.4, 0.5) is 13.2 Å². The first-order valence-electron chi connectivity index (χ1n) is 8.76. The Kier molecular flexibility index (Phi) is 8.69. The molecule has 1 unspecified atom stereocenters. The summed E-state index contributed by atoms with van der Waals surface area (Å²) in [4.78, 5) is 0. The molecule has 0 amide bonds. The average molecular weight is 307 g/mol. The summed E-state index contributed by atoms with van der Waals surface area (Å²) in [7, 11) is 0. The Morgan fingerprint density at radius 1 is 1.05 bits per heavy atom. The zero-order valence-electron chi connectivity index (χ0n) is 13.6. The van der Waals surface area contributed by atoms with Gasteiger partial charge >= 0.3 is 6.18 Å². The maximum Gasteiger partial charge on any atom is 0.389 e. The van der Waals surface area contributed by atoms with Crippen LogP contribution in [0.3, 0.4) is 0 Å². The third-order valence-corrected chi connectivity index (χ3v) is 4.87. The van der Waals surface area contributed by atoms with Crippen molar-refractivity contribution < 1.29 is 13.2 Å². The molecular weight excluding hydrogens is 275 g/mol. The van der Waals surface area contributed by atoms with Crippen molar-refractivity contribution in [2.24, 2.45) is 11.8 Å². The molecule has 0 heterocycles. The molecule has 1 N–H and O–H groups in total. The van der Waals surface area contributed by atoms with Crippen LogP contribution < -0.4 is 5.32 Å². The highest BCUT2D eigenvalue weighted by Crippen LogP contribution is 2.35. The Morgan fingerprint density at radius 2 is 1.71 bits per heavy atom. The molecular formula is C17H32F3N. The molecule has 0 bridgehead atoms. The summed E-state index contributed by atoms with van der Waals surface area (Å²) in [5, 5.41) is 3.43. The van der Waals surface area contributed by atoms with Crippen LogP contribution >= 0.6 is 0 Å². The molecule has 21 heavy (non-hydrogen) atoms. The van der Waals surface area contributed by atoms with Crippen LogP contribution in [-0.4, -0.2) is 18.8 Å². The fraction of sp³-hybridized carbons (Fsp3) is 1.00. The third-order valence-electron chi connectivity index (χ3n) is 4.87. The van der Waals surface area contributed by atoms with E-state index in [1.807, 2.05) is 6.92 Å². The molecule has 1 saturated carbocycles. The quantitative estimate of drug-likeness (QED) is 0.576. The van der Waals surface area contributed by atoms with E-state index in [2.05, 4.69) is 12.2 Å². The maximum atomic E-state index is 12.3. The van der Waals surface area contributed by atoms with Gasteiger partial charge in [-0.3, -0.25) is 0 Å². The van der Waals surface area contributed by atoms with Crippen LogP contribution in [0, 0.1) is 11.8 Å². The monoisotopic (exact) mass is 307 g/mol. The lowest BCUT2D eigenvalue weighted by atomic mass is 9.76. The highest BCUT2D eigenvalue weighted by Gasteiger charge is 2.30. The lowest BCUT2D eigenvalue weighted by molar-refractivity contribution is -0.136. The van der Waals surface area contributed by atoms with Gasteiger partial charge in [-0.05, 0) is 44.1 Å². The topological polar surface area (TPSA) is 12.0 Å². The summed E-state index contributed by atoms with van der Waals surface area (Å²) in [6.07, 6.45) is 5.12. The van der Waals surface area contributed by atoms with E-state index >= 15 is 0 Å². The van der Waals surface area contributed by atoms with Crippen molar-refractivity contribution >= 4 is 0 Å². The van der Waals surface area contributed by atoms with Crippen molar-refractivity contribution in [3.63, 3.8) is 0 Å². The molecule has 1 rings (SSSR count). The Hall–Kier alpha value is -0.250. The first kappa shape index (κ1) is 18.8. The summed E-state index contributed by atoms with van der Waals surface area (Å²) >= 11 is 0. The van der Waals surface area contributed by atoms with E-state index in [4.69, 9.17) is 0 Å². The molecule has 0 aliphatic heterocycles. The molecule has 4 heteroatoms. The molecule has 1 atom stereocenters. The molecule has 1 aliphatic rings. The molecule has 0 aromatic rings. The van der Waals surface area contributed by atoms with Gasteiger partial charge in [-0.25, -0.2) is 0 Å². The molecule has 0 saturated heterocycles. The smallest absolute Gasteiger partial charge is 0.314 e. The molecule has 0 radical (unpaired) electrons. The van der Waals surface area contributed by atoms with E-state index in [9.17, 15) is 13.2 Å². The van der Waals surface area contributed by atoms with Crippen LogP contribution in [0.1, 0.15) is 78.1 Å². The van der Waals surface area contributed by atoms with Crippen molar-refractivity contribution in [1.29, 1.82) is 0 Å². The van der Waals surface area contributed by atoms with Gasteiger partial charge in [-0.1, -0.05) is 46.0 Å². The zero-order chi connectivity index (χ0) is 15.7. The van der Waals surface area contributed by atoms with Crippen LogP contribution in [-0.2, 0) is 0 Å². The van der Waals surface area contributed by atoms with Crippen molar-refractivity contribution in [3.05, 3.63) is 0 Å². The number of hydrogen-bond donors (Lipinski definition) is 1. The molecule has 0 spiro atoms. The Labute approximate surface area is 128 Å². The van der Waals surface area contributed by atoms with Gasteiger partial charge in [0, 0.05) is 12.5 Å². The molecule has 0 aromatic carbocycles. The van der Waals surface area contributed by atoms with Crippen LogP contribution in [0.15, 0.2) is 0 Å². The summed E-state index contributed by atoms with van der Waals surface area (Å²) in [6, 6.07) is 0.282. The maximum absolute atomic E-state index is 12.3. The second kappa shape index (κ2) is 9.70. The SMILES string of the molecule is CCCCC1CCC(C(CCCC(F)(F)F)NCC)CC1. The summed E-state index contributed by atoms with van der Waals surface area (Å²) < 4.78 is 36.8. The number of unbranched alkanes of at least 4 members (excludes halogenated alkanes) is 1. The van der Waals surface area contributed by atoms with Gasteiger partial charge in [0.2, 0.25) is 0 Å². The van der Waals surface area contributed by atoms with Crippen molar-refractivity contribution in [3.8, 4) is 0 Å². The lowest BCUT2D eigenvalue weighted by Crippen LogP contribution is -2.38. The van der Waals surface area contributed by atoms with Gasteiger partial charge < -0.3 is 5.32 Å². The fourth-order valence-corrected chi connectivity index (χ4v) is 3.66. The lowest BCUT2D eigenvalue weighted by Gasteiger charge is -2.34. The number of alkyl halides is 3. The van der Waals surface area contributed by atoms with Gasteiger partial charge in [-0.2, -0.15) is 13.2 Å². The number of hydrogen-bond acceptors (Lipinski definition) is 1. The van der Waals surface area contributed by atoms with Crippen molar-refractivity contribution in [2.75, 3.05) is 6.54 Å². The normalized spacial score (nSPS) is 25.0. The second-order valence-electron chi connectivity index (χ2n) is 6.59. The van der Waals surface area contributed by atoms with Crippen LogP contribution in [0.2, 0.25) is 0 Å². The standard InChI is InChI=1S/C17H32F3N/c1-3-5-7-14-9-11-15(12-10-14)16(21-4-2)8-6-13-17(18,19)20/h14-16,21H,3-13H2,1-2H3. The predicted molar refractivity (Wildman–Crippen MR) is 82.3 cm³/mol. The minimum absolute atomic E-state index is 0.261. The Bertz CT molecular complexity index is 257. The highest BCUT2D eigenvalue weighted by atomic mass is 19.4. The Morgan fingerprint density at radius 3 is 2.24 bits per heavy atom. The van der Waals surface area contributed by atoms with E-state index in [0.717, 1.165) is 12.5 Å². The molecule has 126 valence electrons. The van der Waals surface area contributed by atoms with Gasteiger partial charge in [0.15, 0.2) is 0 Å². The third kappa shape index (κ3) is 8.08. The first-order chi connectivity index (χ1) is 9.96. The number of halogens is 3. The van der Waals surface area contributed by atoms with Crippen molar-refractivity contribution in [1.82, 2.24) is 5.32 Å². The first-order valence-corrected chi connectivity index (χ1v) is 8.76. The predicted octanol–water partition coefficient (Wildman–Crippen LogP) is 5.69. The summed E-state index contributed by atoms with van der Waals surface area (Å²) in [5.74, 6) is 1.44. The van der Waals surface area contributed by atoms with Crippen LogP contribution in [0.25, 0.3) is 0 Å². The van der Waals surface area contributed by atoms with E-state index in [0.29, 0.717) is 12.3 Å². The van der Waals surface area contributed by atoms with Crippen molar-refractivity contribution in [2.45, 2.75) is 90.3 Å². The molecule has 1 nitrogen and oxygen atoms in total. The van der Waals surface area contributed by atoms with E-state index in [-0.39, 0.29) is 12.5 Å². The van der Waals surface area contributed by atoms with Gasteiger partial charge in [0.05, 0.1) is 0 Å². The van der Waals surface area contributed by atoms with E-state index in [1.165, 1.54) is 44.9 Å². The van der Waals surface area contributed by atoms with Crippen LogP contribution in [0.5, 0.6) is 0 Å². The number of rotatable bonds is 9. The zero-order valence-corrected chi connectivity index (χ0v) is 13.6. The van der Waals surface area contributed by atoms with E-state index in [1.54, 1.807) is 0 Å². The number of nitrogens with one attached hydrogen (secondary N) is 1. The van der Waals surface area contributed by atoms with Gasteiger partial charge in [0.1, 0.15) is 0 Å². The fourth-order valence-electron chi connectivity index (χ4n) is 3.66. The Balaban J connectivity index is 2.32. The second-order valence-corrected chi connectivity index (χ2v) is 6.59. The molecule has 1 fully saturated rings. The van der Waals surface area contributed by atoms with E-state index < -0.39 is 12.6 Å². The largest absolute Gasteiger partial charge is 0.389 e. The summed E-state index contributed by atoms with van der Waals surface area (Å²) in [5.41, 5.74) is 0. The summed E-state index contributed by atoms with van der Waals surface area (Å²) in [6.45, 7) is 5.13. The highest BCUT2D eigenvalue weighted by molar-refractivity contribution is 4.82. The minimum atomic E-state index is -4.01. The van der Waals surface area contributed by atoms with Gasteiger partial charge in [-0.15, -0.1) is 0 Å².